The van der Waals surface area contributed by atoms with Crippen molar-refractivity contribution in [3.63, 3.8) is 0 Å². The zero-order chi connectivity index (χ0) is 13.7. The van der Waals surface area contributed by atoms with Gasteiger partial charge in [0.2, 0.25) is 0 Å². The molecule has 1 rings (SSSR count). The smallest absolute Gasteiger partial charge is 0.339 e. The summed E-state index contributed by atoms with van der Waals surface area (Å²) in [7, 11) is 0. The minimum Gasteiger partial charge on any atom is -0.478 e. The van der Waals surface area contributed by atoms with Crippen LogP contribution in [0.2, 0.25) is 0 Å². The van der Waals surface area contributed by atoms with Crippen LogP contribution in [-0.4, -0.2) is 29.1 Å². The zero-order valence-electron chi connectivity index (χ0n) is 11.7. The van der Waals surface area contributed by atoms with Crippen molar-refractivity contribution in [2.24, 2.45) is 0 Å². The standard InChI is InChI=1S/C14H22N2O2/c1-5-7-8-16(6-2)12-9-10(3)15-11(4)13(12)14(17)18/h9H,5-8H2,1-4H3,(H,17,18). The molecule has 0 unspecified atom stereocenters. The van der Waals surface area contributed by atoms with E-state index in [1.165, 1.54) is 0 Å². The molecular formula is C14H22N2O2. The van der Waals surface area contributed by atoms with E-state index in [4.69, 9.17) is 0 Å². The summed E-state index contributed by atoms with van der Waals surface area (Å²) in [6.07, 6.45) is 2.16. The van der Waals surface area contributed by atoms with Crippen LogP contribution in [0.5, 0.6) is 0 Å². The number of unbranched alkanes of at least 4 members (excludes halogenated alkanes) is 1. The molecule has 1 heterocycles. The second kappa shape index (κ2) is 6.38. The molecule has 18 heavy (non-hydrogen) atoms. The number of hydrogen-bond acceptors (Lipinski definition) is 3. The van der Waals surface area contributed by atoms with Crippen molar-refractivity contribution in [2.75, 3.05) is 18.0 Å². The van der Waals surface area contributed by atoms with Crippen molar-refractivity contribution in [3.05, 3.63) is 23.0 Å². The topological polar surface area (TPSA) is 53.4 Å². The zero-order valence-corrected chi connectivity index (χ0v) is 11.7. The molecule has 0 aliphatic heterocycles. The number of carbonyl (C=O) groups is 1. The Kier molecular flexibility index (Phi) is 5.13. The number of anilines is 1. The molecule has 1 aromatic heterocycles. The predicted octanol–water partition coefficient (Wildman–Crippen LogP) is 3.02. The van der Waals surface area contributed by atoms with Crippen LogP contribution in [0.4, 0.5) is 5.69 Å². The first-order chi connectivity index (χ1) is 8.51. The summed E-state index contributed by atoms with van der Waals surface area (Å²) in [5.74, 6) is -0.898. The summed E-state index contributed by atoms with van der Waals surface area (Å²) < 4.78 is 0. The van der Waals surface area contributed by atoms with Gasteiger partial charge in [-0.2, -0.15) is 0 Å². The van der Waals surface area contributed by atoms with Crippen molar-refractivity contribution in [1.82, 2.24) is 4.98 Å². The predicted molar refractivity (Wildman–Crippen MR) is 73.5 cm³/mol. The number of carboxylic acid groups (broad SMARTS) is 1. The van der Waals surface area contributed by atoms with Gasteiger partial charge in [0.1, 0.15) is 5.56 Å². The van der Waals surface area contributed by atoms with Crippen LogP contribution in [0.1, 0.15) is 48.4 Å². The van der Waals surface area contributed by atoms with Gasteiger partial charge in [-0.05, 0) is 33.3 Å². The van der Waals surface area contributed by atoms with Gasteiger partial charge in [0, 0.05) is 18.8 Å². The number of aryl methyl sites for hydroxylation is 2. The van der Waals surface area contributed by atoms with Crippen LogP contribution < -0.4 is 4.90 Å². The van der Waals surface area contributed by atoms with Crippen molar-refractivity contribution >= 4 is 11.7 Å². The Morgan fingerprint density at radius 3 is 2.56 bits per heavy atom. The minimum absolute atomic E-state index is 0.332. The number of carboxylic acids is 1. The van der Waals surface area contributed by atoms with E-state index < -0.39 is 5.97 Å². The highest BCUT2D eigenvalue weighted by molar-refractivity contribution is 5.95. The van der Waals surface area contributed by atoms with Crippen molar-refractivity contribution in [3.8, 4) is 0 Å². The molecule has 1 N–H and O–H groups in total. The molecule has 4 nitrogen and oxygen atoms in total. The van der Waals surface area contributed by atoms with Gasteiger partial charge in [0.25, 0.3) is 0 Å². The molecule has 0 saturated carbocycles. The summed E-state index contributed by atoms with van der Waals surface area (Å²) in [6.45, 7) is 9.53. The van der Waals surface area contributed by atoms with Gasteiger partial charge in [0.15, 0.2) is 0 Å². The fraction of sp³-hybridized carbons (Fsp3) is 0.571. The molecule has 0 aromatic carbocycles. The van der Waals surface area contributed by atoms with E-state index in [2.05, 4.69) is 16.8 Å². The molecule has 0 amide bonds. The van der Waals surface area contributed by atoms with Crippen LogP contribution in [0.25, 0.3) is 0 Å². The van der Waals surface area contributed by atoms with E-state index in [0.29, 0.717) is 11.3 Å². The van der Waals surface area contributed by atoms with Crippen LogP contribution >= 0.6 is 0 Å². The average Bonchev–Trinajstić information content (AvgIpc) is 2.28. The molecule has 0 aliphatic rings. The average molecular weight is 250 g/mol. The molecule has 0 fully saturated rings. The van der Waals surface area contributed by atoms with E-state index >= 15 is 0 Å². The summed E-state index contributed by atoms with van der Waals surface area (Å²) >= 11 is 0. The molecule has 100 valence electrons. The summed E-state index contributed by atoms with van der Waals surface area (Å²) in [5, 5.41) is 9.34. The van der Waals surface area contributed by atoms with Gasteiger partial charge in [-0.1, -0.05) is 13.3 Å². The van der Waals surface area contributed by atoms with E-state index in [-0.39, 0.29) is 0 Å². The van der Waals surface area contributed by atoms with Crippen LogP contribution in [0.15, 0.2) is 6.07 Å². The maximum Gasteiger partial charge on any atom is 0.339 e. The number of rotatable bonds is 6. The lowest BCUT2D eigenvalue weighted by Gasteiger charge is -2.25. The second-order valence-electron chi connectivity index (χ2n) is 4.48. The van der Waals surface area contributed by atoms with Crippen LogP contribution in [0, 0.1) is 13.8 Å². The Morgan fingerprint density at radius 1 is 1.39 bits per heavy atom. The van der Waals surface area contributed by atoms with Crippen molar-refractivity contribution in [2.45, 2.75) is 40.5 Å². The largest absolute Gasteiger partial charge is 0.478 e. The first kappa shape index (κ1) is 14.5. The Balaban J connectivity index is 3.22. The van der Waals surface area contributed by atoms with Gasteiger partial charge < -0.3 is 10.0 Å². The Morgan fingerprint density at radius 2 is 2.06 bits per heavy atom. The Hall–Kier alpha value is -1.58. The number of aromatic carboxylic acids is 1. The summed E-state index contributed by atoms with van der Waals surface area (Å²) in [4.78, 5) is 17.7. The molecule has 0 radical (unpaired) electrons. The van der Waals surface area contributed by atoms with Crippen molar-refractivity contribution < 1.29 is 9.90 Å². The lowest BCUT2D eigenvalue weighted by molar-refractivity contribution is 0.0696. The molecule has 0 spiro atoms. The Labute approximate surface area is 109 Å². The van der Waals surface area contributed by atoms with Gasteiger partial charge in [0.05, 0.1) is 11.4 Å². The van der Waals surface area contributed by atoms with Crippen molar-refractivity contribution in [1.29, 1.82) is 0 Å². The third-order valence-corrected chi connectivity index (χ3v) is 3.03. The maximum absolute atomic E-state index is 11.4. The van der Waals surface area contributed by atoms with Crippen LogP contribution in [-0.2, 0) is 0 Å². The highest BCUT2D eigenvalue weighted by Crippen LogP contribution is 2.24. The van der Waals surface area contributed by atoms with E-state index in [0.717, 1.165) is 37.3 Å². The Bertz CT molecular complexity index is 430. The normalized spacial score (nSPS) is 10.4. The summed E-state index contributed by atoms with van der Waals surface area (Å²) in [6, 6.07) is 1.87. The maximum atomic E-state index is 11.4. The molecule has 0 saturated heterocycles. The number of hydrogen-bond donors (Lipinski definition) is 1. The first-order valence-corrected chi connectivity index (χ1v) is 6.47. The van der Waals surface area contributed by atoms with Gasteiger partial charge in [-0.25, -0.2) is 4.79 Å². The first-order valence-electron chi connectivity index (χ1n) is 6.47. The van der Waals surface area contributed by atoms with E-state index in [1.54, 1.807) is 6.92 Å². The molecule has 1 aromatic rings. The molecule has 0 atom stereocenters. The SMILES string of the molecule is CCCCN(CC)c1cc(C)nc(C)c1C(=O)O. The molecular weight excluding hydrogens is 228 g/mol. The van der Waals surface area contributed by atoms with E-state index in [1.807, 2.05) is 19.9 Å². The number of pyridine rings is 1. The third-order valence-electron chi connectivity index (χ3n) is 3.03. The molecule has 4 heteroatoms. The summed E-state index contributed by atoms with van der Waals surface area (Å²) in [5.41, 5.74) is 2.58. The lowest BCUT2D eigenvalue weighted by Crippen LogP contribution is -2.26. The highest BCUT2D eigenvalue weighted by atomic mass is 16.4. The van der Waals surface area contributed by atoms with Gasteiger partial charge in [-0.15, -0.1) is 0 Å². The molecule has 0 bridgehead atoms. The third kappa shape index (κ3) is 3.22. The highest BCUT2D eigenvalue weighted by Gasteiger charge is 2.19. The monoisotopic (exact) mass is 250 g/mol. The van der Waals surface area contributed by atoms with Gasteiger partial charge >= 0.3 is 5.97 Å². The quantitative estimate of drug-likeness (QED) is 0.843. The minimum atomic E-state index is -0.898. The van der Waals surface area contributed by atoms with Gasteiger partial charge in [-0.3, -0.25) is 4.98 Å². The fourth-order valence-electron chi connectivity index (χ4n) is 2.12. The number of nitrogens with zero attached hydrogens (tertiary/aromatic N) is 2. The second-order valence-corrected chi connectivity index (χ2v) is 4.48. The van der Waals surface area contributed by atoms with E-state index in [9.17, 15) is 9.90 Å². The lowest BCUT2D eigenvalue weighted by atomic mass is 10.1. The number of aromatic nitrogens is 1. The van der Waals surface area contributed by atoms with Crippen LogP contribution in [0.3, 0.4) is 0 Å². The molecule has 0 aliphatic carbocycles. The fourth-order valence-corrected chi connectivity index (χ4v) is 2.12.